The van der Waals surface area contributed by atoms with Gasteiger partial charge >= 0.3 is 0 Å². The Morgan fingerprint density at radius 2 is 1.82 bits per heavy atom. The SMILES string of the molecule is O=[N+]([O-])c1ccc(N2CCC(n3ccnc3)CC2)c(S(=O)(=O)N2CCCC2)c1. The van der Waals surface area contributed by atoms with Crippen LogP contribution in [0.3, 0.4) is 0 Å². The molecule has 3 heterocycles. The number of hydrogen-bond acceptors (Lipinski definition) is 6. The zero-order chi connectivity index (χ0) is 19.7. The summed E-state index contributed by atoms with van der Waals surface area (Å²) in [5.41, 5.74) is 0.358. The summed E-state index contributed by atoms with van der Waals surface area (Å²) in [4.78, 5) is 16.9. The molecule has 28 heavy (non-hydrogen) atoms. The number of anilines is 1. The largest absolute Gasteiger partial charge is 0.370 e. The fourth-order valence-corrected chi connectivity index (χ4v) is 5.79. The van der Waals surface area contributed by atoms with E-state index in [1.165, 1.54) is 16.4 Å². The Morgan fingerprint density at radius 3 is 2.43 bits per heavy atom. The number of aromatic nitrogens is 2. The molecule has 2 aromatic rings. The molecule has 0 amide bonds. The molecule has 2 fully saturated rings. The summed E-state index contributed by atoms with van der Waals surface area (Å²) >= 11 is 0. The first kappa shape index (κ1) is 18.9. The number of benzene rings is 1. The lowest BCUT2D eigenvalue weighted by atomic mass is 10.0. The molecule has 2 aliphatic heterocycles. The smallest absolute Gasteiger partial charge is 0.270 e. The molecule has 2 aliphatic rings. The predicted molar refractivity (Wildman–Crippen MR) is 104 cm³/mol. The van der Waals surface area contributed by atoms with E-state index in [0.717, 1.165) is 25.7 Å². The topological polar surface area (TPSA) is 102 Å². The minimum absolute atomic E-state index is 0.0460. The highest BCUT2D eigenvalue weighted by Gasteiger charge is 2.33. The van der Waals surface area contributed by atoms with Gasteiger partial charge in [-0.15, -0.1) is 0 Å². The van der Waals surface area contributed by atoms with Gasteiger partial charge in [-0.2, -0.15) is 4.31 Å². The summed E-state index contributed by atoms with van der Waals surface area (Å²) in [5.74, 6) is 0. The zero-order valence-electron chi connectivity index (χ0n) is 15.5. The summed E-state index contributed by atoms with van der Waals surface area (Å²) in [6.07, 6.45) is 8.85. The number of non-ortho nitro benzene ring substituents is 1. The third-order valence-corrected chi connectivity index (χ3v) is 7.52. The van der Waals surface area contributed by atoms with Gasteiger partial charge in [-0.3, -0.25) is 10.1 Å². The van der Waals surface area contributed by atoms with Crippen molar-refractivity contribution in [2.24, 2.45) is 0 Å². The maximum atomic E-state index is 13.2. The van der Waals surface area contributed by atoms with E-state index in [-0.39, 0.29) is 10.6 Å². The van der Waals surface area contributed by atoms with Crippen LogP contribution in [-0.4, -0.2) is 53.4 Å². The average molecular weight is 405 g/mol. The second-order valence-electron chi connectivity index (χ2n) is 7.25. The van der Waals surface area contributed by atoms with Crippen molar-refractivity contribution in [3.05, 3.63) is 47.0 Å². The van der Waals surface area contributed by atoms with Crippen LogP contribution in [0, 0.1) is 10.1 Å². The molecular formula is C18H23N5O4S. The van der Waals surface area contributed by atoms with Gasteiger partial charge in [0.05, 0.1) is 16.9 Å². The van der Waals surface area contributed by atoms with Gasteiger partial charge in [0.15, 0.2) is 0 Å². The number of hydrogen-bond donors (Lipinski definition) is 0. The van der Waals surface area contributed by atoms with Crippen molar-refractivity contribution in [2.75, 3.05) is 31.1 Å². The second-order valence-corrected chi connectivity index (χ2v) is 9.15. The van der Waals surface area contributed by atoms with E-state index in [9.17, 15) is 18.5 Å². The van der Waals surface area contributed by atoms with Crippen LogP contribution in [0.15, 0.2) is 41.8 Å². The van der Waals surface area contributed by atoms with Gasteiger partial charge in [-0.1, -0.05) is 0 Å². The Kier molecular flexibility index (Phi) is 5.07. The Hall–Kier alpha value is -2.46. The van der Waals surface area contributed by atoms with Crippen LogP contribution in [0.4, 0.5) is 11.4 Å². The lowest BCUT2D eigenvalue weighted by Crippen LogP contribution is -2.36. The Labute approximate surface area is 163 Å². The van der Waals surface area contributed by atoms with E-state index >= 15 is 0 Å². The summed E-state index contributed by atoms with van der Waals surface area (Å²) in [5, 5.41) is 11.2. The summed E-state index contributed by atoms with van der Waals surface area (Å²) in [6.45, 7) is 2.30. The van der Waals surface area contributed by atoms with Crippen LogP contribution in [0.2, 0.25) is 0 Å². The highest BCUT2D eigenvalue weighted by Crippen LogP contribution is 2.35. The molecule has 1 aromatic carbocycles. The second kappa shape index (κ2) is 7.51. The van der Waals surface area contributed by atoms with Crippen LogP contribution in [0.25, 0.3) is 0 Å². The minimum atomic E-state index is -3.76. The highest BCUT2D eigenvalue weighted by atomic mass is 32.2. The quantitative estimate of drug-likeness (QED) is 0.559. The number of nitrogens with zero attached hydrogens (tertiary/aromatic N) is 5. The summed E-state index contributed by atoms with van der Waals surface area (Å²) in [7, 11) is -3.76. The number of sulfonamides is 1. The molecule has 0 N–H and O–H groups in total. The molecule has 0 spiro atoms. The van der Waals surface area contributed by atoms with Crippen LogP contribution >= 0.6 is 0 Å². The van der Waals surface area contributed by atoms with Gasteiger partial charge in [0.25, 0.3) is 5.69 Å². The van der Waals surface area contributed by atoms with Gasteiger partial charge in [0.1, 0.15) is 4.90 Å². The van der Waals surface area contributed by atoms with Crippen molar-refractivity contribution in [3.63, 3.8) is 0 Å². The van der Waals surface area contributed by atoms with E-state index in [1.54, 1.807) is 18.6 Å². The van der Waals surface area contributed by atoms with E-state index in [4.69, 9.17) is 0 Å². The molecule has 0 aliphatic carbocycles. The van der Waals surface area contributed by atoms with Gasteiger partial charge in [-0.05, 0) is 31.7 Å². The van der Waals surface area contributed by atoms with E-state index in [2.05, 4.69) is 9.55 Å². The van der Waals surface area contributed by atoms with Crippen LogP contribution in [-0.2, 0) is 10.0 Å². The molecule has 0 radical (unpaired) electrons. The Balaban J connectivity index is 1.64. The fraction of sp³-hybridized carbons (Fsp3) is 0.500. The van der Waals surface area contributed by atoms with Crippen molar-refractivity contribution >= 4 is 21.4 Å². The predicted octanol–water partition coefficient (Wildman–Crippen LogP) is 2.42. The van der Waals surface area contributed by atoms with E-state index < -0.39 is 14.9 Å². The molecular weight excluding hydrogens is 382 g/mol. The monoisotopic (exact) mass is 405 g/mol. The van der Waals surface area contributed by atoms with Crippen LogP contribution in [0.5, 0.6) is 0 Å². The first-order valence-corrected chi connectivity index (χ1v) is 10.9. The molecule has 0 atom stereocenters. The summed E-state index contributed by atoms with van der Waals surface area (Å²) in [6, 6.07) is 4.51. The third-order valence-electron chi connectivity index (χ3n) is 5.59. The Morgan fingerprint density at radius 1 is 1.11 bits per heavy atom. The fourth-order valence-electron chi connectivity index (χ4n) is 4.04. The van der Waals surface area contributed by atoms with Gasteiger partial charge in [0.2, 0.25) is 10.0 Å². The van der Waals surface area contributed by atoms with Crippen molar-refractivity contribution in [1.29, 1.82) is 0 Å². The van der Waals surface area contributed by atoms with Gasteiger partial charge < -0.3 is 9.47 Å². The van der Waals surface area contributed by atoms with E-state index in [0.29, 0.717) is 37.9 Å². The average Bonchev–Trinajstić information content (AvgIpc) is 3.42. The maximum absolute atomic E-state index is 13.2. The Bertz CT molecular complexity index is 946. The standard InChI is InChI=1S/C18H23N5O4S/c24-23(25)16-3-4-17(18(13-16)28(26,27)22-8-1-2-9-22)20-10-5-15(6-11-20)21-12-7-19-14-21/h3-4,7,12-15H,1-2,5-6,8-11H2. The maximum Gasteiger partial charge on any atom is 0.270 e. The van der Waals surface area contributed by atoms with Crippen molar-refractivity contribution in [3.8, 4) is 0 Å². The molecule has 0 bridgehead atoms. The number of rotatable bonds is 5. The molecule has 9 nitrogen and oxygen atoms in total. The number of nitro groups is 1. The minimum Gasteiger partial charge on any atom is -0.370 e. The molecule has 0 unspecified atom stereocenters. The number of imidazole rings is 1. The lowest BCUT2D eigenvalue weighted by molar-refractivity contribution is -0.385. The first-order chi connectivity index (χ1) is 13.5. The molecule has 10 heteroatoms. The van der Waals surface area contributed by atoms with Gasteiger partial charge in [-0.25, -0.2) is 13.4 Å². The van der Waals surface area contributed by atoms with Crippen LogP contribution < -0.4 is 4.90 Å². The molecule has 4 rings (SSSR count). The normalized spacial score (nSPS) is 19.2. The van der Waals surface area contributed by atoms with Crippen molar-refractivity contribution in [2.45, 2.75) is 36.6 Å². The van der Waals surface area contributed by atoms with Crippen molar-refractivity contribution in [1.82, 2.24) is 13.9 Å². The highest BCUT2D eigenvalue weighted by molar-refractivity contribution is 7.89. The molecule has 2 saturated heterocycles. The van der Waals surface area contributed by atoms with E-state index in [1.807, 2.05) is 11.1 Å². The lowest BCUT2D eigenvalue weighted by Gasteiger charge is -2.35. The molecule has 1 aromatic heterocycles. The van der Waals surface area contributed by atoms with Gasteiger partial charge in [0, 0.05) is 56.7 Å². The zero-order valence-corrected chi connectivity index (χ0v) is 16.3. The molecule has 150 valence electrons. The van der Waals surface area contributed by atoms with Crippen molar-refractivity contribution < 1.29 is 13.3 Å². The third kappa shape index (κ3) is 3.49. The number of nitro benzene ring substituents is 1. The summed E-state index contributed by atoms with van der Waals surface area (Å²) < 4.78 is 29.9. The van der Waals surface area contributed by atoms with Crippen LogP contribution in [0.1, 0.15) is 31.7 Å². The first-order valence-electron chi connectivity index (χ1n) is 9.48. The number of piperidine rings is 1. The molecule has 0 saturated carbocycles.